The number of phenols is 1. The van der Waals surface area contributed by atoms with Crippen LogP contribution in [0.1, 0.15) is 12.5 Å². The third-order valence-electron chi connectivity index (χ3n) is 2.61. The molecule has 4 heteroatoms. The SMILES string of the molecule is CNCC(C)C(=O)NCCc1ccc(O)cc1. The highest BCUT2D eigenvalue weighted by molar-refractivity contribution is 5.78. The molecule has 94 valence electrons. The van der Waals surface area contributed by atoms with E-state index in [9.17, 15) is 4.79 Å². The van der Waals surface area contributed by atoms with Crippen LogP contribution in [0.2, 0.25) is 0 Å². The van der Waals surface area contributed by atoms with Crippen LogP contribution in [-0.2, 0) is 11.2 Å². The molecule has 0 fully saturated rings. The van der Waals surface area contributed by atoms with Gasteiger partial charge in [0.15, 0.2) is 0 Å². The number of phenolic OH excluding ortho intramolecular Hbond substituents is 1. The summed E-state index contributed by atoms with van der Waals surface area (Å²) < 4.78 is 0. The summed E-state index contributed by atoms with van der Waals surface area (Å²) in [7, 11) is 1.83. The van der Waals surface area contributed by atoms with Crippen molar-refractivity contribution in [1.82, 2.24) is 10.6 Å². The molecule has 1 rings (SSSR count). The minimum atomic E-state index is -0.0141. The molecule has 1 atom stereocenters. The van der Waals surface area contributed by atoms with Gasteiger partial charge in [-0.05, 0) is 31.2 Å². The summed E-state index contributed by atoms with van der Waals surface area (Å²) in [5, 5.41) is 15.0. The minimum absolute atomic E-state index is 0.0141. The maximum Gasteiger partial charge on any atom is 0.224 e. The van der Waals surface area contributed by atoms with Crippen molar-refractivity contribution in [2.24, 2.45) is 5.92 Å². The number of amides is 1. The molecule has 0 radical (unpaired) electrons. The van der Waals surface area contributed by atoms with Crippen molar-refractivity contribution in [1.29, 1.82) is 0 Å². The zero-order chi connectivity index (χ0) is 12.7. The standard InChI is InChI=1S/C13H20N2O2/c1-10(9-14-2)13(17)15-8-7-11-3-5-12(16)6-4-11/h3-6,10,14,16H,7-9H2,1-2H3,(H,15,17). The molecule has 0 heterocycles. The van der Waals surface area contributed by atoms with Crippen LogP contribution in [0.15, 0.2) is 24.3 Å². The third kappa shape index (κ3) is 4.87. The van der Waals surface area contributed by atoms with E-state index in [1.807, 2.05) is 26.1 Å². The van der Waals surface area contributed by atoms with Crippen molar-refractivity contribution in [2.45, 2.75) is 13.3 Å². The van der Waals surface area contributed by atoms with Crippen LogP contribution < -0.4 is 10.6 Å². The van der Waals surface area contributed by atoms with Crippen molar-refractivity contribution in [3.8, 4) is 5.75 Å². The predicted octanol–water partition coefficient (Wildman–Crippen LogP) is 0.906. The Bertz CT molecular complexity index is 349. The molecular formula is C13H20N2O2. The molecular weight excluding hydrogens is 216 g/mol. The highest BCUT2D eigenvalue weighted by Crippen LogP contribution is 2.09. The van der Waals surface area contributed by atoms with Crippen LogP contribution >= 0.6 is 0 Å². The van der Waals surface area contributed by atoms with Crippen molar-refractivity contribution in [3.05, 3.63) is 29.8 Å². The fourth-order valence-electron chi connectivity index (χ4n) is 1.57. The number of carbonyl (C=O) groups excluding carboxylic acids is 1. The van der Waals surface area contributed by atoms with E-state index < -0.39 is 0 Å². The quantitative estimate of drug-likeness (QED) is 0.688. The van der Waals surface area contributed by atoms with E-state index in [0.717, 1.165) is 12.0 Å². The highest BCUT2D eigenvalue weighted by Gasteiger charge is 2.10. The molecule has 0 saturated carbocycles. The van der Waals surface area contributed by atoms with E-state index in [2.05, 4.69) is 10.6 Å². The van der Waals surface area contributed by atoms with Crippen molar-refractivity contribution in [3.63, 3.8) is 0 Å². The van der Waals surface area contributed by atoms with E-state index in [1.165, 1.54) is 0 Å². The highest BCUT2D eigenvalue weighted by atomic mass is 16.3. The van der Waals surface area contributed by atoms with Gasteiger partial charge in [0.25, 0.3) is 0 Å². The van der Waals surface area contributed by atoms with Crippen molar-refractivity contribution < 1.29 is 9.90 Å². The van der Waals surface area contributed by atoms with Gasteiger partial charge in [0, 0.05) is 19.0 Å². The maximum atomic E-state index is 11.6. The topological polar surface area (TPSA) is 61.4 Å². The van der Waals surface area contributed by atoms with Gasteiger partial charge in [-0.15, -0.1) is 0 Å². The predicted molar refractivity (Wildman–Crippen MR) is 67.9 cm³/mol. The van der Waals surface area contributed by atoms with Gasteiger partial charge in [-0.25, -0.2) is 0 Å². The first-order chi connectivity index (χ1) is 8.13. The average Bonchev–Trinajstić information content (AvgIpc) is 2.32. The lowest BCUT2D eigenvalue weighted by Crippen LogP contribution is -2.35. The van der Waals surface area contributed by atoms with Gasteiger partial charge < -0.3 is 15.7 Å². The van der Waals surface area contributed by atoms with Crippen LogP contribution in [0.3, 0.4) is 0 Å². The number of aromatic hydroxyl groups is 1. The van der Waals surface area contributed by atoms with Crippen LogP contribution in [0.4, 0.5) is 0 Å². The molecule has 0 aliphatic heterocycles. The molecule has 0 aliphatic carbocycles. The first-order valence-electron chi connectivity index (χ1n) is 5.83. The fraction of sp³-hybridized carbons (Fsp3) is 0.462. The molecule has 0 aromatic heterocycles. The fourth-order valence-corrected chi connectivity index (χ4v) is 1.57. The zero-order valence-corrected chi connectivity index (χ0v) is 10.4. The monoisotopic (exact) mass is 236 g/mol. The van der Waals surface area contributed by atoms with Gasteiger partial charge in [0.1, 0.15) is 5.75 Å². The molecule has 1 amide bonds. The Hall–Kier alpha value is -1.55. The lowest BCUT2D eigenvalue weighted by atomic mass is 10.1. The van der Waals surface area contributed by atoms with Gasteiger partial charge in [-0.3, -0.25) is 4.79 Å². The van der Waals surface area contributed by atoms with E-state index >= 15 is 0 Å². The van der Waals surface area contributed by atoms with Gasteiger partial charge in [0.2, 0.25) is 5.91 Å². The Morgan fingerprint density at radius 2 is 2.00 bits per heavy atom. The Labute approximate surface area is 102 Å². The molecule has 0 aliphatic rings. The summed E-state index contributed by atoms with van der Waals surface area (Å²) in [4.78, 5) is 11.6. The van der Waals surface area contributed by atoms with E-state index in [-0.39, 0.29) is 17.6 Å². The number of rotatable bonds is 6. The summed E-state index contributed by atoms with van der Waals surface area (Å²) in [6.45, 7) is 3.20. The molecule has 3 N–H and O–H groups in total. The number of hydrogen-bond acceptors (Lipinski definition) is 3. The molecule has 0 bridgehead atoms. The lowest BCUT2D eigenvalue weighted by molar-refractivity contribution is -0.124. The number of hydrogen-bond donors (Lipinski definition) is 3. The zero-order valence-electron chi connectivity index (χ0n) is 10.4. The first-order valence-corrected chi connectivity index (χ1v) is 5.83. The second-order valence-corrected chi connectivity index (χ2v) is 4.17. The Morgan fingerprint density at radius 1 is 1.35 bits per heavy atom. The Balaban J connectivity index is 2.28. The van der Waals surface area contributed by atoms with Crippen LogP contribution in [0.5, 0.6) is 5.75 Å². The average molecular weight is 236 g/mol. The summed E-state index contributed by atoms with van der Waals surface area (Å²) >= 11 is 0. The lowest BCUT2D eigenvalue weighted by Gasteiger charge is -2.11. The Morgan fingerprint density at radius 3 is 2.59 bits per heavy atom. The van der Waals surface area contributed by atoms with E-state index in [4.69, 9.17) is 5.11 Å². The summed E-state index contributed by atoms with van der Waals surface area (Å²) in [5.74, 6) is 0.318. The van der Waals surface area contributed by atoms with Crippen LogP contribution in [0, 0.1) is 5.92 Å². The van der Waals surface area contributed by atoms with E-state index in [1.54, 1.807) is 12.1 Å². The summed E-state index contributed by atoms with van der Waals surface area (Å²) in [6.07, 6.45) is 0.776. The number of benzene rings is 1. The summed E-state index contributed by atoms with van der Waals surface area (Å²) in [5.41, 5.74) is 1.10. The van der Waals surface area contributed by atoms with Gasteiger partial charge >= 0.3 is 0 Å². The van der Waals surface area contributed by atoms with Crippen molar-refractivity contribution >= 4 is 5.91 Å². The largest absolute Gasteiger partial charge is 0.508 e. The van der Waals surface area contributed by atoms with Gasteiger partial charge in [0.05, 0.1) is 0 Å². The first kappa shape index (κ1) is 13.5. The molecule has 0 spiro atoms. The number of carbonyl (C=O) groups is 1. The minimum Gasteiger partial charge on any atom is -0.508 e. The van der Waals surface area contributed by atoms with Gasteiger partial charge in [-0.1, -0.05) is 19.1 Å². The Kier molecular flexibility index (Phi) is 5.49. The molecule has 4 nitrogen and oxygen atoms in total. The maximum absolute atomic E-state index is 11.6. The molecule has 1 aromatic rings. The van der Waals surface area contributed by atoms with Crippen LogP contribution in [-0.4, -0.2) is 31.2 Å². The molecule has 17 heavy (non-hydrogen) atoms. The smallest absolute Gasteiger partial charge is 0.224 e. The molecule has 0 saturated heterocycles. The third-order valence-corrected chi connectivity index (χ3v) is 2.61. The molecule has 1 aromatic carbocycles. The van der Waals surface area contributed by atoms with Gasteiger partial charge in [-0.2, -0.15) is 0 Å². The second kappa shape index (κ2) is 6.91. The summed E-state index contributed by atoms with van der Waals surface area (Å²) in [6, 6.07) is 7.03. The normalized spacial score (nSPS) is 12.1. The van der Waals surface area contributed by atoms with Crippen molar-refractivity contribution in [2.75, 3.05) is 20.1 Å². The number of nitrogens with one attached hydrogen (secondary N) is 2. The molecule has 1 unspecified atom stereocenters. The van der Waals surface area contributed by atoms with Crippen LogP contribution in [0.25, 0.3) is 0 Å². The second-order valence-electron chi connectivity index (χ2n) is 4.17. The van der Waals surface area contributed by atoms with E-state index in [0.29, 0.717) is 13.1 Å².